The van der Waals surface area contributed by atoms with Gasteiger partial charge in [-0.25, -0.2) is 14.5 Å². The average molecular weight is 346 g/mol. The number of anilines is 2. The highest BCUT2D eigenvalue weighted by Crippen LogP contribution is 2.27. The minimum atomic E-state index is -0.727. The van der Waals surface area contributed by atoms with Gasteiger partial charge in [-0.2, -0.15) is 0 Å². The maximum atomic E-state index is 13.6. The van der Waals surface area contributed by atoms with E-state index in [-0.39, 0.29) is 17.2 Å². The van der Waals surface area contributed by atoms with E-state index in [2.05, 4.69) is 30.9 Å². The number of nitrogens with one attached hydrogen (secondary N) is 2. The fourth-order valence-corrected chi connectivity index (χ4v) is 3.17. The standard InChI is InChI=1S/C12H7FN8O2S/c13-5-1-8-7(2-6(5)14)21-10(23)4(3-15-12(21)24-8)9(22)16-11-17-19-20-18-11/h1-3H,14H2,(H2,16,17,18,19,20,22). The number of benzene rings is 1. The fourth-order valence-electron chi connectivity index (χ4n) is 2.18. The molecule has 3 heterocycles. The van der Waals surface area contributed by atoms with Crippen molar-refractivity contribution in [3.8, 4) is 0 Å². The van der Waals surface area contributed by atoms with Gasteiger partial charge in [0, 0.05) is 6.20 Å². The van der Waals surface area contributed by atoms with Crippen LogP contribution in [-0.2, 0) is 0 Å². The smallest absolute Gasteiger partial charge is 0.271 e. The van der Waals surface area contributed by atoms with Crippen LogP contribution in [0.2, 0.25) is 0 Å². The summed E-state index contributed by atoms with van der Waals surface area (Å²) in [5, 5.41) is 14.8. The number of hydrogen-bond acceptors (Lipinski definition) is 8. The van der Waals surface area contributed by atoms with Gasteiger partial charge >= 0.3 is 0 Å². The lowest BCUT2D eigenvalue weighted by molar-refractivity contribution is 0.102. The number of nitrogen functional groups attached to an aromatic ring is 1. The molecule has 0 bridgehead atoms. The zero-order valence-corrected chi connectivity index (χ0v) is 12.5. The summed E-state index contributed by atoms with van der Waals surface area (Å²) >= 11 is 1.11. The molecule has 1 aromatic carbocycles. The van der Waals surface area contributed by atoms with E-state index in [4.69, 9.17) is 5.73 Å². The number of nitrogens with zero attached hydrogens (tertiary/aromatic N) is 5. The average Bonchev–Trinajstić information content (AvgIpc) is 3.16. The highest BCUT2D eigenvalue weighted by atomic mass is 32.1. The topological polar surface area (TPSA) is 144 Å². The Balaban J connectivity index is 1.91. The first-order valence-corrected chi connectivity index (χ1v) is 7.30. The largest absolute Gasteiger partial charge is 0.396 e. The van der Waals surface area contributed by atoms with E-state index < -0.39 is 17.3 Å². The van der Waals surface area contributed by atoms with Crippen LogP contribution >= 0.6 is 11.3 Å². The van der Waals surface area contributed by atoms with E-state index in [1.807, 2.05) is 0 Å². The maximum absolute atomic E-state index is 13.6. The van der Waals surface area contributed by atoms with Crippen LogP contribution in [0, 0.1) is 5.82 Å². The number of tetrazole rings is 1. The molecule has 4 aromatic rings. The molecule has 3 aromatic heterocycles. The number of aromatic nitrogens is 6. The second-order valence-corrected chi connectivity index (χ2v) is 5.75. The highest BCUT2D eigenvalue weighted by molar-refractivity contribution is 7.23. The quantitative estimate of drug-likeness (QED) is 0.445. The van der Waals surface area contributed by atoms with Crippen molar-refractivity contribution >= 4 is 44.1 Å². The van der Waals surface area contributed by atoms with Crippen LogP contribution in [0.4, 0.5) is 16.0 Å². The number of nitrogens with two attached hydrogens (primary N) is 1. The summed E-state index contributed by atoms with van der Waals surface area (Å²) in [5.74, 6) is -1.32. The van der Waals surface area contributed by atoms with Crippen molar-refractivity contribution in [2.24, 2.45) is 0 Å². The molecule has 1 amide bonds. The van der Waals surface area contributed by atoms with Crippen LogP contribution < -0.4 is 16.6 Å². The summed E-state index contributed by atoms with van der Waals surface area (Å²) in [7, 11) is 0. The van der Waals surface area contributed by atoms with E-state index in [1.165, 1.54) is 16.5 Å². The molecule has 120 valence electrons. The van der Waals surface area contributed by atoms with Crippen molar-refractivity contribution in [2.75, 3.05) is 11.1 Å². The van der Waals surface area contributed by atoms with Gasteiger partial charge in [-0.1, -0.05) is 16.4 Å². The van der Waals surface area contributed by atoms with Crippen LogP contribution in [0.1, 0.15) is 10.4 Å². The Kier molecular flexibility index (Phi) is 2.99. The number of fused-ring (bicyclic) bond motifs is 3. The van der Waals surface area contributed by atoms with E-state index in [0.29, 0.717) is 15.2 Å². The molecule has 0 atom stereocenters. The Hall–Kier alpha value is -3.41. The molecule has 10 nitrogen and oxygen atoms in total. The summed E-state index contributed by atoms with van der Waals surface area (Å²) in [4.78, 5) is 29.2. The number of halogens is 1. The third-order valence-corrected chi connectivity index (χ3v) is 4.29. The van der Waals surface area contributed by atoms with Gasteiger partial charge in [0.25, 0.3) is 11.5 Å². The molecule has 0 aliphatic carbocycles. The first-order valence-electron chi connectivity index (χ1n) is 6.49. The molecule has 0 saturated carbocycles. The van der Waals surface area contributed by atoms with Gasteiger partial charge in [-0.15, -0.1) is 0 Å². The van der Waals surface area contributed by atoms with Crippen LogP contribution in [0.15, 0.2) is 23.1 Å². The molecule has 4 rings (SSSR count). The molecule has 4 N–H and O–H groups in total. The summed E-state index contributed by atoms with van der Waals surface area (Å²) in [5.41, 5.74) is 5.01. The molecule has 0 unspecified atom stereocenters. The van der Waals surface area contributed by atoms with Gasteiger partial charge in [0.15, 0.2) is 4.96 Å². The molecule has 24 heavy (non-hydrogen) atoms. The third-order valence-electron chi connectivity index (χ3n) is 3.27. The number of rotatable bonds is 2. The molecule has 0 spiro atoms. The number of aromatic amines is 1. The first-order chi connectivity index (χ1) is 11.5. The van der Waals surface area contributed by atoms with Gasteiger partial charge in [0.05, 0.1) is 15.9 Å². The number of carbonyl (C=O) groups excluding carboxylic acids is 1. The third kappa shape index (κ3) is 2.08. The zero-order valence-electron chi connectivity index (χ0n) is 11.6. The van der Waals surface area contributed by atoms with Gasteiger partial charge in [0.2, 0.25) is 5.95 Å². The summed E-state index contributed by atoms with van der Waals surface area (Å²) in [6, 6.07) is 2.56. The molecule has 0 aliphatic rings. The lowest BCUT2D eigenvalue weighted by Crippen LogP contribution is -2.26. The molecule has 0 saturated heterocycles. The maximum Gasteiger partial charge on any atom is 0.271 e. The zero-order chi connectivity index (χ0) is 16.8. The molecule has 0 radical (unpaired) electrons. The minimum Gasteiger partial charge on any atom is -0.396 e. The molecule has 12 heteroatoms. The minimum absolute atomic E-state index is 0.00834. The Bertz CT molecular complexity index is 1150. The van der Waals surface area contributed by atoms with Gasteiger partial charge in [-0.3, -0.25) is 19.3 Å². The Morgan fingerprint density at radius 3 is 3.00 bits per heavy atom. The number of thiazole rings is 1. The summed E-state index contributed by atoms with van der Waals surface area (Å²) in [6.45, 7) is 0. The molecule has 0 aliphatic heterocycles. The van der Waals surface area contributed by atoms with Crippen LogP contribution in [0.3, 0.4) is 0 Å². The Labute approximate surface area is 135 Å². The van der Waals surface area contributed by atoms with Crippen molar-refractivity contribution in [3.63, 3.8) is 0 Å². The van der Waals surface area contributed by atoms with Crippen molar-refractivity contribution in [2.45, 2.75) is 0 Å². The second-order valence-electron chi connectivity index (χ2n) is 4.74. The number of amides is 1. The predicted molar refractivity (Wildman–Crippen MR) is 83.3 cm³/mol. The SMILES string of the molecule is Nc1cc2c(cc1F)sc1ncc(C(=O)Nc3nnn[nH]3)c(=O)n12. The van der Waals surface area contributed by atoms with Gasteiger partial charge in [-0.05, 0) is 22.6 Å². The van der Waals surface area contributed by atoms with Crippen molar-refractivity contribution in [1.82, 2.24) is 30.0 Å². The highest BCUT2D eigenvalue weighted by Gasteiger charge is 2.18. The summed E-state index contributed by atoms with van der Waals surface area (Å²) in [6.07, 6.45) is 1.14. The normalized spacial score (nSPS) is 11.2. The lowest BCUT2D eigenvalue weighted by atomic mass is 10.2. The number of hydrogen-bond donors (Lipinski definition) is 3. The fraction of sp³-hybridized carbons (Fsp3) is 0. The van der Waals surface area contributed by atoms with Crippen molar-refractivity contribution in [1.29, 1.82) is 0 Å². The molecular weight excluding hydrogens is 339 g/mol. The van der Waals surface area contributed by atoms with E-state index in [9.17, 15) is 14.0 Å². The predicted octanol–water partition coefficient (Wildman–Crippen LogP) is 0.396. The number of carbonyl (C=O) groups is 1. The van der Waals surface area contributed by atoms with E-state index >= 15 is 0 Å². The van der Waals surface area contributed by atoms with Crippen LogP contribution in [-0.4, -0.2) is 35.9 Å². The first kappa shape index (κ1) is 14.2. The second kappa shape index (κ2) is 5.06. The van der Waals surface area contributed by atoms with Gasteiger partial charge < -0.3 is 5.73 Å². The molecule has 0 fully saturated rings. The Morgan fingerprint density at radius 1 is 1.42 bits per heavy atom. The van der Waals surface area contributed by atoms with Crippen molar-refractivity contribution < 1.29 is 9.18 Å². The number of H-pyrrole nitrogens is 1. The van der Waals surface area contributed by atoms with Crippen LogP contribution in [0.25, 0.3) is 15.2 Å². The van der Waals surface area contributed by atoms with Gasteiger partial charge in [0.1, 0.15) is 11.4 Å². The summed E-state index contributed by atoms with van der Waals surface area (Å²) < 4.78 is 15.3. The van der Waals surface area contributed by atoms with E-state index in [1.54, 1.807) is 0 Å². The Morgan fingerprint density at radius 2 is 2.25 bits per heavy atom. The van der Waals surface area contributed by atoms with Crippen molar-refractivity contribution in [3.05, 3.63) is 40.1 Å². The monoisotopic (exact) mass is 346 g/mol. The lowest BCUT2D eigenvalue weighted by Gasteiger charge is -2.02. The van der Waals surface area contributed by atoms with Crippen LogP contribution in [0.5, 0.6) is 0 Å². The molecular formula is C12H7FN8O2S. The van der Waals surface area contributed by atoms with E-state index in [0.717, 1.165) is 17.5 Å².